The smallest absolute Gasteiger partial charge is 0.0724 e. The molecule has 0 radical (unpaired) electrons. The minimum atomic E-state index is 0.197. The van der Waals surface area contributed by atoms with Gasteiger partial charge in [-0.25, -0.2) is 0 Å². The second-order valence-corrected chi connectivity index (χ2v) is 4.23. The Labute approximate surface area is 124 Å². The van der Waals surface area contributed by atoms with Gasteiger partial charge in [-0.05, 0) is 12.0 Å². The fraction of sp³-hybridized carbons (Fsp3) is 0.647. The zero-order chi connectivity index (χ0) is 15.2. The van der Waals surface area contributed by atoms with E-state index in [4.69, 9.17) is 9.84 Å². The number of aliphatic hydroxyl groups is 1. The molecule has 1 heterocycles. The molecular formula is C17H31NO2. The van der Waals surface area contributed by atoms with E-state index < -0.39 is 0 Å². The topological polar surface area (TPSA) is 32.7 Å². The van der Waals surface area contributed by atoms with Crippen molar-refractivity contribution in [2.45, 2.75) is 46.8 Å². The van der Waals surface area contributed by atoms with Crippen molar-refractivity contribution in [3.63, 3.8) is 0 Å². The maximum atomic E-state index is 8.90. The Balaban J connectivity index is 0.000000829. The van der Waals surface area contributed by atoms with Crippen LogP contribution in [0, 0.1) is 0 Å². The van der Waals surface area contributed by atoms with Crippen molar-refractivity contribution in [1.29, 1.82) is 0 Å². The molecular weight excluding hydrogens is 250 g/mol. The van der Waals surface area contributed by atoms with Crippen LogP contribution in [0.1, 0.15) is 39.7 Å². The minimum Gasteiger partial charge on any atom is -0.396 e. The van der Waals surface area contributed by atoms with E-state index in [-0.39, 0.29) is 12.7 Å². The first-order chi connectivity index (χ1) is 9.88. The summed E-state index contributed by atoms with van der Waals surface area (Å²) in [5, 5.41) is 8.90. The molecule has 1 aliphatic rings. The number of aliphatic hydroxyl groups excluding tert-OH is 1. The SMILES string of the molecule is CC.CC.OCCC1CN(Cc2ccccc2)CCO1. The van der Waals surface area contributed by atoms with E-state index in [2.05, 4.69) is 29.2 Å². The van der Waals surface area contributed by atoms with Crippen molar-refractivity contribution in [2.24, 2.45) is 0 Å². The van der Waals surface area contributed by atoms with Crippen molar-refractivity contribution >= 4 is 0 Å². The first-order valence-electron chi connectivity index (χ1n) is 7.87. The van der Waals surface area contributed by atoms with Crippen LogP contribution in [0.4, 0.5) is 0 Å². The Morgan fingerprint density at radius 3 is 2.40 bits per heavy atom. The highest BCUT2D eigenvalue weighted by Gasteiger charge is 2.19. The average Bonchev–Trinajstić information content (AvgIpc) is 2.53. The quantitative estimate of drug-likeness (QED) is 0.919. The van der Waals surface area contributed by atoms with Crippen LogP contribution in [-0.2, 0) is 11.3 Å². The molecule has 0 spiro atoms. The Hall–Kier alpha value is -0.900. The summed E-state index contributed by atoms with van der Waals surface area (Å²) in [6, 6.07) is 10.5. The summed E-state index contributed by atoms with van der Waals surface area (Å²) in [6.45, 7) is 11.9. The molecule has 0 bridgehead atoms. The third-order valence-corrected chi connectivity index (χ3v) is 2.92. The maximum absolute atomic E-state index is 8.90. The first-order valence-corrected chi connectivity index (χ1v) is 7.87. The first kappa shape index (κ1) is 19.1. The van der Waals surface area contributed by atoms with E-state index >= 15 is 0 Å². The van der Waals surface area contributed by atoms with Crippen LogP contribution in [0.5, 0.6) is 0 Å². The zero-order valence-corrected chi connectivity index (χ0v) is 13.5. The summed E-state index contributed by atoms with van der Waals surface area (Å²) in [7, 11) is 0. The van der Waals surface area contributed by atoms with Crippen molar-refractivity contribution in [2.75, 3.05) is 26.3 Å². The monoisotopic (exact) mass is 281 g/mol. The molecule has 1 saturated heterocycles. The lowest BCUT2D eigenvalue weighted by Gasteiger charge is -2.32. The molecule has 20 heavy (non-hydrogen) atoms. The Kier molecular flexibility index (Phi) is 12.5. The van der Waals surface area contributed by atoms with Crippen LogP contribution < -0.4 is 0 Å². The van der Waals surface area contributed by atoms with E-state index in [9.17, 15) is 0 Å². The molecule has 0 aliphatic carbocycles. The standard InChI is InChI=1S/C13H19NO2.2C2H6/c15-8-6-13-11-14(7-9-16-13)10-12-4-2-1-3-5-12;2*1-2/h1-5,13,15H,6-11H2;2*1-2H3. The van der Waals surface area contributed by atoms with Crippen LogP contribution >= 0.6 is 0 Å². The highest BCUT2D eigenvalue weighted by atomic mass is 16.5. The lowest BCUT2D eigenvalue weighted by atomic mass is 10.1. The van der Waals surface area contributed by atoms with Gasteiger partial charge in [-0.3, -0.25) is 4.90 Å². The molecule has 3 heteroatoms. The van der Waals surface area contributed by atoms with E-state index in [0.717, 1.165) is 32.7 Å². The van der Waals surface area contributed by atoms with Crippen LogP contribution in [0.25, 0.3) is 0 Å². The fourth-order valence-corrected chi connectivity index (χ4v) is 2.08. The average molecular weight is 281 g/mol. The normalized spacial score (nSPS) is 18.4. The predicted molar refractivity (Wildman–Crippen MR) is 85.9 cm³/mol. The summed E-state index contributed by atoms with van der Waals surface area (Å²) in [5.74, 6) is 0. The summed E-state index contributed by atoms with van der Waals surface area (Å²) in [4.78, 5) is 2.39. The minimum absolute atomic E-state index is 0.197. The van der Waals surface area contributed by atoms with E-state index in [1.165, 1.54) is 5.56 Å². The van der Waals surface area contributed by atoms with Crippen molar-refractivity contribution in [1.82, 2.24) is 4.90 Å². The Morgan fingerprint density at radius 2 is 1.80 bits per heavy atom. The second-order valence-electron chi connectivity index (χ2n) is 4.23. The van der Waals surface area contributed by atoms with Crippen LogP contribution in [0.2, 0.25) is 0 Å². The maximum Gasteiger partial charge on any atom is 0.0724 e. The summed E-state index contributed by atoms with van der Waals surface area (Å²) < 4.78 is 5.58. The van der Waals surface area contributed by atoms with E-state index in [0.29, 0.717) is 0 Å². The van der Waals surface area contributed by atoms with Gasteiger partial charge >= 0.3 is 0 Å². The third kappa shape index (κ3) is 7.63. The molecule has 116 valence electrons. The lowest BCUT2D eigenvalue weighted by molar-refractivity contribution is -0.0407. The van der Waals surface area contributed by atoms with Gasteiger partial charge in [0.1, 0.15) is 0 Å². The highest BCUT2D eigenvalue weighted by molar-refractivity contribution is 5.14. The summed E-state index contributed by atoms with van der Waals surface area (Å²) >= 11 is 0. The molecule has 1 aromatic carbocycles. The lowest BCUT2D eigenvalue weighted by Crippen LogP contribution is -2.42. The summed E-state index contributed by atoms with van der Waals surface area (Å²) in [5.41, 5.74) is 1.34. The number of ether oxygens (including phenoxy) is 1. The third-order valence-electron chi connectivity index (χ3n) is 2.92. The molecule has 1 aromatic rings. The molecule has 3 nitrogen and oxygen atoms in total. The number of rotatable bonds is 4. The molecule has 1 N–H and O–H groups in total. The van der Waals surface area contributed by atoms with Gasteiger partial charge in [-0.2, -0.15) is 0 Å². The molecule has 0 saturated carbocycles. The van der Waals surface area contributed by atoms with Gasteiger partial charge in [0.15, 0.2) is 0 Å². The second kappa shape index (κ2) is 13.1. The number of benzene rings is 1. The van der Waals surface area contributed by atoms with Gasteiger partial charge in [0.25, 0.3) is 0 Å². The molecule has 0 amide bonds. The molecule has 1 atom stereocenters. The zero-order valence-electron chi connectivity index (χ0n) is 13.5. The van der Waals surface area contributed by atoms with Crippen LogP contribution in [0.3, 0.4) is 0 Å². The fourth-order valence-electron chi connectivity index (χ4n) is 2.08. The largest absolute Gasteiger partial charge is 0.396 e. The van der Waals surface area contributed by atoms with Gasteiger partial charge in [-0.1, -0.05) is 58.0 Å². The molecule has 1 aliphatic heterocycles. The van der Waals surface area contributed by atoms with Crippen molar-refractivity contribution in [3.05, 3.63) is 35.9 Å². The molecule has 2 rings (SSSR count). The van der Waals surface area contributed by atoms with Crippen molar-refractivity contribution in [3.8, 4) is 0 Å². The van der Waals surface area contributed by atoms with Gasteiger partial charge in [0, 0.05) is 26.2 Å². The van der Waals surface area contributed by atoms with Gasteiger partial charge in [0.2, 0.25) is 0 Å². The number of hydrogen-bond acceptors (Lipinski definition) is 3. The van der Waals surface area contributed by atoms with Gasteiger partial charge < -0.3 is 9.84 Å². The highest BCUT2D eigenvalue weighted by Crippen LogP contribution is 2.12. The summed E-state index contributed by atoms with van der Waals surface area (Å²) in [6.07, 6.45) is 0.938. The van der Waals surface area contributed by atoms with E-state index in [1.807, 2.05) is 33.8 Å². The number of morpholine rings is 1. The van der Waals surface area contributed by atoms with Gasteiger partial charge in [0.05, 0.1) is 12.7 Å². The number of nitrogens with zero attached hydrogens (tertiary/aromatic N) is 1. The van der Waals surface area contributed by atoms with Gasteiger partial charge in [-0.15, -0.1) is 0 Å². The van der Waals surface area contributed by atoms with Crippen molar-refractivity contribution < 1.29 is 9.84 Å². The molecule has 1 unspecified atom stereocenters. The Morgan fingerprint density at radius 1 is 1.15 bits per heavy atom. The molecule has 0 aromatic heterocycles. The van der Waals surface area contributed by atoms with E-state index in [1.54, 1.807) is 0 Å². The Bertz CT molecular complexity index is 301. The molecule has 1 fully saturated rings. The van der Waals surface area contributed by atoms with Crippen LogP contribution in [-0.4, -0.2) is 42.4 Å². The predicted octanol–water partition coefficient (Wildman–Crippen LogP) is 3.32. The van der Waals surface area contributed by atoms with Crippen LogP contribution in [0.15, 0.2) is 30.3 Å². The number of hydrogen-bond donors (Lipinski definition) is 1.